The maximum Gasteiger partial charge on any atom is 0.347 e. The van der Waals surface area contributed by atoms with Crippen LogP contribution in [0.4, 0.5) is 5.69 Å². The third-order valence-corrected chi connectivity index (χ3v) is 5.93. The summed E-state index contributed by atoms with van der Waals surface area (Å²) in [6.45, 7) is 1.74. The summed E-state index contributed by atoms with van der Waals surface area (Å²) in [5.41, 5.74) is -0.949. The summed E-state index contributed by atoms with van der Waals surface area (Å²) in [5.74, 6) is -4.41. The van der Waals surface area contributed by atoms with Gasteiger partial charge in [-0.05, 0) is 25.1 Å². The lowest BCUT2D eigenvalue weighted by molar-refractivity contribution is -0.153. The number of para-hydroxylation sites is 1. The molecule has 7 nitrogen and oxygen atoms in total. The Morgan fingerprint density at radius 1 is 1.14 bits per heavy atom. The maximum atomic E-state index is 13.5. The molecule has 2 bridgehead atoms. The number of hydrogen-bond acceptors (Lipinski definition) is 6. The van der Waals surface area contributed by atoms with Crippen molar-refractivity contribution in [1.29, 1.82) is 0 Å². The highest BCUT2D eigenvalue weighted by Crippen LogP contribution is 2.55. The molecule has 4 unspecified atom stereocenters. The second-order valence-electron chi connectivity index (χ2n) is 7.34. The minimum absolute atomic E-state index is 0.101. The van der Waals surface area contributed by atoms with E-state index >= 15 is 0 Å². The topological polar surface area (TPSA) is 90.0 Å². The normalized spacial score (nSPS) is 31.7. The first-order chi connectivity index (χ1) is 14.0. The van der Waals surface area contributed by atoms with Crippen molar-refractivity contribution >= 4 is 29.4 Å². The molecule has 5 aliphatic rings. The predicted octanol–water partition coefficient (Wildman–Crippen LogP) is 1.70. The van der Waals surface area contributed by atoms with Crippen LogP contribution < -0.4 is 4.90 Å². The molecule has 7 heteroatoms. The number of carbonyl (C=O) groups excluding carboxylic acids is 4. The molecule has 3 aliphatic carbocycles. The Morgan fingerprint density at radius 2 is 1.90 bits per heavy atom. The van der Waals surface area contributed by atoms with Gasteiger partial charge >= 0.3 is 11.9 Å². The lowest BCUT2D eigenvalue weighted by Gasteiger charge is -2.36. The first-order valence-electron chi connectivity index (χ1n) is 9.45. The van der Waals surface area contributed by atoms with Gasteiger partial charge in [-0.15, -0.1) is 0 Å². The molecule has 1 saturated heterocycles. The van der Waals surface area contributed by atoms with E-state index in [0.717, 1.165) is 4.90 Å². The van der Waals surface area contributed by atoms with Gasteiger partial charge in [-0.1, -0.05) is 36.4 Å². The Balaban J connectivity index is 1.68. The van der Waals surface area contributed by atoms with Crippen LogP contribution in [0.25, 0.3) is 0 Å². The molecule has 1 spiro atoms. The van der Waals surface area contributed by atoms with Gasteiger partial charge in [0.05, 0.1) is 24.1 Å². The third-order valence-electron chi connectivity index (χ3n) is 5.93. The van der Waals surface area contributed by atoms with Crippen LogP contribution >= 0.6 is 0 Å². The van der Waals surface area contributed by atoms with Crippen LogP contribution in [0.1, 0.15) is 6.92 Å². The van der Waals surface area contributed by atoms with Gasteiger partial charge in [0.2, 0.25) is 11.8 Å². The number of hydrogen-bond donors (Lipinski definition) is 0. The molecule has 0 radical (unpaired) electrons. The van der Waals surface area contributed by atoms with Crippen molar-refractivity contribution in [3.63, 3.8) is 0 Å². The minimum Gasteiger partial charge on any atom is -0.462 e. The molecule has 1 aromatic carbocycles. The van der Waals surface area contributed by atoms with Crippen LogP contribution in [0.5, 0.6) is 0 Å². The number of esters is 2. The van der Waals surface area contributed by atoms with Crippen molar-refractivity contribution in [2.45, 2.75) is 12.5 Å². The zero-order chi connectivity index (χ0) is 20.3. The molecule has 29 heavy (non-hydrogen) atoms. The Bertz CT molecular complexity index is 1050. The van der Waals surface area contributed by atoms with Crippen molar-refractivity contribution < 1.29 is 28.7 Å². The summed E-state index contributed by atoms with van der Waals surface area (Å²) in [6, 6.07) is 8.66. The monoisotopic (exact) mass is 391 g/mol. The number of nitrogens with zero attached hydrogens (tertiary/aromatic N) is 1. The molecule has 2 amide bonds. The second-order valence-corrected chi connectivity index (χ2v) is 7.34. The van der Waals surface area contributed by atoms with Gasteiger partial charge in [-0.2, -0.15) is 0 Å². The first-order valence-corrected chi connectivity index (χ1v) is 9.45. The summed E-state index contributed by atoms with van der Waals surface area (Å²) in [7, 11) is 0. The molecule has 1 fully saturated rings. The Labute approximate surface area is 166 Å². The highest BCUT2D eigenvalue weighted by molar-refractivity contribution is 6.24. The van der Waals surface area contributed by atoms with Crippen LogP contribution in [0.2, 0.25) is 0 Å². The number of anilines is 1. The van der Waals surface area contributed by atoms with Crippen LogP contribution in [0.3, 0.4) is 0 Å². The van der Waals surface area contributed by atoms with Gasteiger partial charge < -0.3 is 9.47 Å². The maximum absolute atomic E-state index is 13.5. The van der Waals surface area contributed by atoms with E-state index in [1.807, 2.05) is 0 Å². The molecule has 0 saturated carbocycles. The van der Waals surface area contributed by atoms with Crippen LogP contribution in [0, 0.1) is 17.8 Å². The summed E-state index contributed by atoms with van der Waals surface area (Å²) in [5, 5.41) is 0. The van der Waals surface area contributed by atoms with Gasteiger partial charge in [-0.3, -0.25) is 9.59 Å². The number of carbonyl (C=O) groups is 4. The van der Waals surface area contributed by atoms with Crippen LogP contribution in [-0.4, -0.2) is 36.0 Å². The minimum atomic E-state index is -1.48. The molecular weight excluding hydrogens is 374 g/mol. The molecule has 2 heterocycles. The molecule has 6 rings (SSSR count). The molecule has 0 N–H and O–H groups in total. The zero-order valence-corrected chi connectivity index (χ0v) is 15.5. The zero-order valence-electron chi connectivity index (χ0n) is 15.5. The van der Waals surface area contributed by atoms with Crippen molar-refractivity contribution in [1.82, 2.24) is 0 Å². The SMILES string of the molecule is CCOC(=O)C1=C2C=CC3C=CC2(OC1=O)C1C(=O)N(c2ccccc2)C(=O)C31. The molecular formula is C22H17NO6. The van der Waals surface area contributed by atoms with E-state index in [2.05, 4.69) is 0 Å². The number of benzene rings is 1. The molecule has 0 aromatic heterocycles. The highest BCUT2D eigenvalue weighted by Gasteiger charge is 2.67. The Hall–Kier alpha value is -3.48. The van der Waals surface area contributed by atoms with E-state index in [0.29, 0.717) is 5.69 Å². The third kappa shape index (κ3) is 2.18. The lowest BCUT2D eigenvalue weighted by Crippen LogP contribution is -2.47. The molecule has 146 valence electrons. The fraction of sp³-hybridized carbons (Fsp3) is 0.273. The number of rotatable bonds is 3. The van der Waals surface area contributed by atoms with E-state index in [1.54, 1.807) is 61.6 Å². The van der Waals surface area contributed by atoms with Crippen LogP contribution in [0.15, 0.2) is 65.8 Å². The molecule has 4 atom stereocenters. The molecule has 2 aliphatic heterocycles. The largest absolute Gasteiger partial charge is 0.462 e. The van der Waals surface area contributed by atoms with E-state index in [4.69, 9.17) is 9.47 Å². The van der Waals surface area contributed by atoms with Crippen molar-refractivity contribution in [3.05, 3.63) is 65.8 Å². The highest BCUT2D eigenvalue weighted by atomic mass is 16.6. The lowest BCUT2D eigenvalue weighted by atomic mass is 9.69. The summed E-state index contributed by atoms with van der Waals surface area (Å²) in [6.07, 6.45) is 6.77. The van der Waals surface area contributed by atoms with Crippen molar-refractivity contribution in [2.75, 3.05) is 11.5 Å². The quantitative estimate of drug-likeness (QED) is 0.337. The van der Waals surface area contributed by atoms with Gasteiger partial charge in [0.25, 0.3) is 0 Å². The van der Waals surface area contributed by atoms with E-state index in [-0.39, 0.29) is 29.6 Å². The standard InChI is InChI=1S/C22H17NO6/c1-2-28-20(26)16-14-9-8-12-10-11-22(14,29-21(16)27)17-15(12)18(24)23(19(17)25)13-6-4-3-5-7-13/h3-12,15,17H,2H2,1H3. The predicted molar refractivity (Wildman–Crippen MR) is 100 cm³/mol. The van der Waals surface area contributed by atoms with E-state index in [9.17, 15) is 19.2 Å². The average molecular weight is 391 g/mol. The number of amides is 2. The fourth-order valence-corrected chi connectivity index (χ4v) is 4.76. The molecule has 1 aromatic rings. The van der Waals surface area contributed by atoms with Gasteiger partial charge in [0.1, 0.15) is 0 Å². The smallest absolute Gasteiger partial charge is 0.347 e. The average Bonchev–Trinajstić information content (AvgIpc) is 3.00. The van der Waals surface area contributed by atoms with Crippen molar-refractivity contribution in [2.24, 2.45) is 17.8 Å². The first kappa shape index (κ1) is 17.6. The van der Waals surface area contributed by atoms with E-state index < -0.39 is 35.3 Å². The Morgan fingerprint density at radius 3 is 2.62 bits per heavy atom. The van der Waals surface area contributed by atoms with E-state index in [1.165, 1.54) is 0 Å². The van der Waals surface area contributed by atoms with Gasteiger partial charge in [-0.25, -0.2) is 14.5 Å². The van der Waals surface area contributed by atoms with Gasteiger partial charge in [0.15, 0.2) is 11.2 Å². The summed E-state index contributed by atoms with van der Waals surface area (Å²) < 4.78 is 10.7. The van der Waals surface area contributed by atoms with Crippen LogP contribution in [-0.2, 0) is 28.7 Å². The summed E-state index contributed by atoms with van der Waals surface area (Å²) in [4.78, 5) is 52.9. The summed E-state index contributed by atoms with van der Waals surface area (Å²) >= 11 is 0. The second kappa shape index (κ2) is 6.01. The fourth-order valence-electron chi connectivity index (χ4n) is 4.76. The number of imide groups is 1. The van der Waals surface area contributed by atoms with Crippen molar-refractivity contribution in [3.8, 4) is 0 Å². The number of allylic oxidation sites excluding steroid dienone is 2. The van der Waals surface area contributed by atoms with Gasteiger partial charge in [0, 0.05) is 11.5 Å². The Kier molecular flexibility index (Phi) is 3.65. The number of ether oxygens (including phenoxy) is 2.